The number of alkyl carbamates (subject to hydrolysis) is 1. The number of aliphatic hydroxyl groups excluding tert-OH is 1. The van der Waals surface area contributed by atoms with Crippen molar-refractivity contribution in [3.63, 3.8) is 0 Å². The Hall–Kier alpha value is -3.06. The third-order valence-corrected chi connectivity index (χ3v) is 3.84. The Morgan fingerprint density at radius 3 is 2.46 bits per heavy atom. The molecule has 2 atom stereocenters. The highest BCUT2D eigenvalue weighted by molar-refractivity contribution is 5.80. The molecule has 2 rings (SSSR count). The van der Waals surface area contributed by atoms with Crippen molar-refractivity contribution in [2.45, 2.75) is 25.7 Å². The van der Waals surface area contributed by atoms with Crippen molar-refractivity contribution < 1.29 is 29.3 Å². The van der Waals surface area contributed by atoms with E-state index in [0.29, 0.717) is 11.3 Å². The van der Waals surface area contributed by atoms with Crippen LogP contribution in [0.4, 0.5) is 4.79 Å². The van der Waals surface area contributed by atoms with Crippen LogP contribution in [0.5, 0.6) is 5.75 Å². The number of amides is 1. The number of rotatable bonds is 7. The second-order valence-corrected chi connectivity index (χ2v) is 5.70. The van der Waals surface area contributed by atoms with Gasteiger partial charge in [0, 0.05) is 0 Å². The first-order valence-corrected chi connectivity index (χ1v) is 7.95. The maximum absolute atomic E-state index is 11.9. The van der Waals surface area contributed by atoms with Gasteiger partial charge in [0.05, 0.1) is 7.11 Å². The predicted octanol–water partition coefficient (Wildman–Crippen LogP) is 2.42. The summed E-state index contributed by atoms with van der Waals surface area (Å²) in [6.07, 6.45) is -2.40. The van der Waals surface area contributed by atoms with Crippen molar-refractivity contribution in [1.29, 1.82) is 0 Å². The van der Waals surface area contributed by atoms with Gasteiger partial charge in [-0.25, -0.2) is 9.59 Å². The summed E-state index contributed by atoms with van der Waals surface area (Å²) in [6, 6.07) is 12.2. The molecule has 0 saturated carbocycles. The van der Waals surface area contributed by atoms with E-state index >= 15 is 0 Å². The number of carbonyl (C=O) groups excluding carboxylic acids is 1. The summed E-state index contributed by atoms with van der Waals surface area (Å²) in [7, 11) is 1.48. The summed E-state index contributed by atoms with van der Waals surface area (Å²) < 4.78 is 10.2. The maximum atomic E-state index is 11.9. The first-order valence-electron chi connectivity index (χ1n) is 7.95. The van der Waals surface area contributed by atoms with Gasteiger partial charge in [-0.05, 0) is 29.7 Å². The average Bonchev–Trinajstić information content (AvgIpc) is 2.65. The Labute approximate surface area is 151 Å². The second kappa shape index (κ2) is 8.87. The molecule has 0 aromatic heterocycles. The molecule has 0 heterocycles. The molecule has 7 heteroatoms. The number of benzene rings is 2. The molecule has 138 valence electrons. The molecule has 0 saturated heterocycles. The summed E-state index contributed by atoms with van der Waals surface area (Å²) in [6.45, 7) is 1.82. The van der Waals surface area contributed by atoms with E-state index in [1.54, 1.807) is 36.4 Å². The lowest BCUT2D eigenvalue weighted by Crippen LogP contribution is -2.45. The van der Waals surface area contributed by atoms with Gasteiger partial charge in [-0.15, -0.1) is 0 Å². The standard InChI is InChI=1S/C19H21NO6/c1-12-8-9-14(10-15(12)25-2)17(21)16(18(22)23)20-19(24)26-11-13-6-4-3-5-7-13/h3-10,16-17,21H,11H2,1-2H3,(H,20,24)(H,22,23)/t16-,17+/m0/s1. The van der Waals surface area contributed by atoms with Crippen LogP contribution in [-0.2, 0) is 16.1 Å². The zero-order chi connectivity index (χ0) is 19.1. The zero-order valence-electron chi connectivity index (χ0n) is 14.5. The Morgan fingerprint density at radius 1 is 1.15 bits per heavy atom. The summed E-state index contributed by atoms with van der Waals surface area (Å²) in [5.74, 6) is -0.869. The van der Waals surface area contributed by atoms with Crippen LogP contribution in [0.1, 0.15) is 22.8 Å². The van der Waals surface area contributed by atoms with Crippen LogP contribution in [0, 0.1) is 6.92 Å². The minimum absolute atomic E-state index is 0.00649. The molecule has 0 unspecified atom stereocenters. The highest BCUT2D eigenvalue weighted by Gasteiger charge is 2.30. The van der Waals surface area contributed by atoms with E-state index in [9.17, 15) is 19.8 Å². The zero-order valence-corrected chi connectivity index (χ0v) is 14.5. The third-order valence-electron chi connectivity index (χ3n) is 3.84. The lowest BCUT2D eigenvalue weighted by atomic mass is 10.0. The molecule has 26 heavy (non-hydrogen) atoms. The SMILES string of the molecule is COc1cc([C@@H](O)[C@H](NC(=O)OCc2ccccc2)C(=O)O)ccc1C. The summed E-state index contributed by atoms with van der Waals surface area (Å²) in [4.78, 5) is 23.4. The number of aryl methyl sites for hydroxylation is 1. The van der Waals surface area contributed by atoms with Crippen molar-refractivity contribution in [2.24, 2.45) is 0 Å². The molecule has 2 aromatic carbocycles. The van der Waals surface area contributed by atoms with E-state index < -0.39 is 24.2 Å². The van der Waals surface area contributed by atoms with E-state index in [-0.39, 0.29) is 6.61 Å². The van der Waals surface area contributed by atoms with Gasteiger partial charge in [0.15, 0.2) is 6.04 Å². The van der Waals surface area contributed by atoms with Crippen LogP contribution in [-0.4, -0.2) is 35.4 Å². The van der Waals surface area contributed by atoms with Gasteiger partial charge in [-0.3, -0.25) is 0 Å². The van der Waals surface area contributed by atoms with E-state index in [1.807, 2.05) is 13.0 Å². The van der Waals surface area contributed by atoms with Crippen LogP contribution in [0.3, 0.4) is 0 Å². The molecule has 0 spiro atoms. The van der Waals surface area contributed by atoms with Crippen LogP contribution in [0.2, 0.25) is 0 Å². The Kier molecular flexibility index (Phi) is 6.57. The second-order valence-electron chi connectivity index (χ2n) is 5.70. The topological polar surface area (TPSA) is 105 Å². The lowest BCUT2D eigenvalue weighted by Gasteiger charge is -2.21. The predicted molar refractivity (Wildman–Crippen MR) is 93.9 cm³/mol. The van der Waals surface area contributed by atoms with Crippen LogP contribution < -0.4 is 10.1 Å². The average molecular weight is 359 g/mol. The molecule has 0 fully saturated rings. The molecular weight excluding hydrogens is 338 g/mol. The van der Waals surface area contributed by atoms with E-state index in [0.717, 1.165) is 11.1 Å². The number of aliphatic carboxylic acids is 1. The van der Waals surface area contributed by atoms with Crippen molar-refractivity contribution >= 4 is 12.1 Å². The first kappa shape index (κ1) is 19.3. The van der Waals surface area contributed by atoms with Crippen LogP contribution >= 0.6 is 0 Å². The fraction of sp³-hybridized carbons (Fsp3) is 0.263. The molecule has 0 aliphatic carbocycles. The van der Waals surface area contributed by atoms with Gasteiger partial charge < -0.3 is 25.0 Å². The fourth-order valence-electron chi connectivity index (χ4n) is 2.38. The smallest absolute Gasteiger partial charge is 0.408 e. The Bertz CT molecular complexity index is 762. The number of nitrogens with one attached hydrogen (secondary N) is 1. The number of carboxylic acids is 1. The number of aliphatic hydroxyl groups is 1. The van der Waals surface area contributed by atoms with E-state index in [1.165, 1.54) is 13.2 Å². The minimum atomic E-state index is -1.56. The molecule has 0 bridgehead atoms. The quantitative estimate of drug-likeness (QED) is 0.701. The molecule has 1 amide bonds. The molecule has 0 aliphatic rings. The molecule has 0 radical (unpaired) electrons. The van der Waals surface area contributed by atoms with Gasteiger partial charge in [-0.2, -0.15) is 0 Å². The van der Waals surface area contributed by atoms with E-state index in [4.69, 9.17) is 9.47 Å². The summed E-state index contributed by atoms with van der Waals surface area (Å²) >= 11 is 0. The molecule has 0 aliphatic heterocycles. The maximum Gasteiger partial charge on any atom is 0.408 e. The Morgan fingerprint density at radius 2 is 1.85 bits per heavy atom. The van der Waals surface area contributed by atoms with Gasteiger partial charge in [-0.1, -0.05) is 42.5 Å². The normalized spacial score (nSPS) is 12.7. The number of hydrogen-bond acceptors (Lipinski definition) is 5. The number of carbonyl (C=O) groups is 2. The fourth-order valence-corrected chi connectivity index (χ4v) is 2.38. The van der Waals surface area contributed by atoms with Crippen LogP contribution in [0.15, 0.2) is 48.5 Å². The minimum Gasteiger partial charge on any atom is -0.496 e. The number of ether oxygens (including phenoxy) is 2. The van der Waals surface area contributed by atoms with E-state index in [2.05, 4.69) is 5.32 Å². The van der Waals surface area contributed by atoms with Crippen molar-refractivity contribution in [3.8, 4) is 5.75 Å². The highest BCUT2D eigenvalue weighted by atomic mass is 16.5. The van der Waals surface area contributed by atoms with Crippen molar-refractivity contribution in [1.82, 2.24) is 5.32 Å². The van der Waals surface area contributed by atoms with Crippen LogP contribution in [0.25, 0.3) is 0 Å². The molecule has 2 aromatic rings. The van der Waals surface area contributed by atoms with Gasteiger partial charge in [0.2, 0.25) is 0 Å². The van der Waals surface area contributed by atoms with Gasteiger partial charge >= 0.3 is 12.1 Å². The van der Waals surface area contributed by atoms with Crippen molar-refractivity contribution in [2.75, 3.05) is 7.11 Å². The third kappa shape index (κ3) is 4.97. The number of carboxylic acid groups (broad SMARTS) is 1. The molecule has 7 nitrogen and oxygen atoms in total. The Balaban J connectivity index is 2.05. The number of methoxy groups -OCH3 is 1. The largest absolute Gasteiger partial charge is 0.496 e. The number of hydrogen-bond donors (Lipinski definition) is 3. The molecule has 3 N–H and O–H groups in total. The van der Waals surface area contributed by atoms with Gasteiger partial charge in [0.1, 0.15) is 18.5 Å². The monoisotopic (exact) mass is 359 g/mol. The lowest BCUT2D eigenvalue weighted by molar-refractivity contribution is -0.142. The summed E-state index contributed by atoms with van der Waals surface area (Å²) in [5.41, 5.74) is 1.91. The molecular formula is C19H21NO6. The first-order chi connectivity index (χ1) is 12.4. The highest BCUT2D eigenvalue weighted by Crippen LogP contribution is 2.25. The summed E-state index contributed by atoms with van der Waals surface area (Å²) in [5, 5.41) is 21.9. The van der Waals surface area contributed by atoms with Gasteiger partial charge in [0.25, 0.3) is 0 Å². The van der Waals surface area contributed by atoms with Crippen molar-refractivity contribution in [3.05, 3.63) is 65.2 Å².